The van der Waals surface area contributed by atoms with Gasteiger partial charge in [-0.3, -0.25) is 0 Å². The van der Waals surface area contributed by atoms with E-state index in [2.05, 4.69) is 34.7 Å². The lowest BCUT2D eigenvalue weighted by atomic mass is 10.1. The van der Waals surface area contributed by atoms with Gasteiger partial charge in [0.15, 0.2) is 0 Å². The van der Waals surface area contributed by atoms with Gasteiger partial charge in [0, 0.05) is 17.6 Å². The summed E-state index contributed by atoms with van der Waals surface area (Å²) in [7, 11) is 1.68. The normalized spacial score (nSPS) is 18.6. The molecule has 0 spiro atoms. The van der Waals surface area contributed by atoms with E-state index < -0.39 is 0 Å². The third kappa shape index (κ3) is 3.83. The molecule has 0 amide bonds. The summed E-state index contributed by atoms with van der Waals surface area (Å²) in [4.78, 5) is 0. The van der Waals surface area contributed by atoms with Gasteiger partial charge in [-0.15, -0.1) is 0 Å². The van der Waals surface area contributed by atoms with E-state index in [9.17, 15) is 0 Å². The van der Waals surface area contributed by atoms with Crippen LogP contribution in [-0.2, 0) is 9.47 Å². The van der Waals surface area contributed by atoms with E-state index in [0.717, 1.165) is 36.2 Å². The molecule has 100 valence electrons. The van der Waals surface area contributed by atoms with E-state index in [-0.39, 0.29) is 6.10 Å². The molecule has 0 saturated carbocycles. The highest BCUT2D eigenvalue weighted by Crippen LogP contribution is 2.26. The fraction of sp³-hybridized carbons (Fsp3) is 0.571. The van der Waals surface area contributed by atoms with E-state index >= 15 is 0 Å². The van der Waals surface area contributed by atoms with E-state index in [0.29, 0.717) is 6.10 Å². The molecule has 1 fully saturated rings. The zero-order valence-corrected chi connectivity index (χ0v) is 12.8. The van der Waals surface area contributed by atoms with Crippen molar-refractivity contribution in [2.45, 2.75) is 25.0 Å². The first kappa shape index (κ1) is 14.1. The molecule has 3 nitrogen and oxygen atoms in total. The third-order valence-corrected chi connectivity index (χ3v) is 3.95. The van der Waals surface area contributed by atoms with E-state index in [4.69, 9.17) is 14.2 Å². The molecule has 0 N–H and O–H groups in total. The van der Waals surface area contributed by atoms with E-state index in [1.54, 1.807) is 7.11 Å². The molecule has 2 rings (SSSR count). The number of halogens is 1. The van der Waals surface area contributed by atoms with Crippen LogP contribution in [0.2, 0.25) is 0 Å². The molecule has 18 heavy (non-hydrogen) atoms. The summed E-state index contributed by atoms with van der Waals surface area (Å²) < 4.78 is 17.7. The van der Waals surface area contributed by atoms with Gasteiger partial charge in [0.25, 0.3) is 0 Å². The predicted octanol–water partition coefficient (Wildman–Crippen LogP) is 3.37. The van der Waals surface area contributed by atoms with Gasteiger partial charge in [-0.2, -0.15) is 0 Å². The van der Waals surface area contributed by atoms with Gasteiger partial charge < -0.3 is 14.2 Å². The molecule has 1 heterocycles. The quantitative estimate of drug-likeness (QED) is 0.594. The van der Waals surface area contributed by atoms with Crippen molar-refractivity contribution in [2.24, 2.45) is 0 Å². The van der Waals surface area contributed by atoms with Gasteiger partial charge in [-0.1, -0.05) is 34.7 Å². The van der Waals surface area contributed by atoms with Crippen molar-refractivity contribution >= 4 is 22.6 Å². The van der Waals surface area contributed by atoms with Crippen LogP contribution in [0.25, 0.3) is 0 Å². The Hall–Kier alpha value is -0.330. The van der Waals surface area contributed by atoms with Crippen molar-refractivity contribution in [2.75, 3.05) is 24.8 Å². The van der Waals surface area contributed by atoms with Crippen LogP contribution in [0.5, 0.6) is 5.75 Å². The van der Waals surface area contributed by atoms with Crippen molar-refractivity contribution in [3.05, 3.63) is 29.8 Å². The number of alkyl halides is 1. The molecule has 0 aromatic heterocycles. The Morgan fingerprint density at radius 2 is 1.94 bits per heavy atom. The van der Waals surface area contributed by atoms with Crippen molar-refractivity contribution in [3.8, 4) is 5.75 Å². The molecule has 1 aromatic carbocycles. The summed E-state index contributed by atoms with van der Waals surface area (Å²) in [5.41, 5.74) is 1.22. The number of methoxy groups -OCH3 is 1. The summed E-state index contributed by atoms with van der Waals surface area (Å²) in [6.07, 6.45) is 2.51. The number of benzene rings is 1. The summed E-state index contributed by atoms with van der Waals surface area (Å²) in [6.45, 7) is 1.64. The highest BCUT2D eigenvalue weighted by atomic mass is 127. The molecule has 1 aliphatic heterocycles. The van der Waals surface area contributed by atoms with Crippen LogP contribution in [0, 0.1) is 0 Å². The number of ether oxygens (including phenoxy) is 3. The summed E-state index contributed by atoms with van der Waals surface area (Å²) >= 11 is 2.38. The minimum atomic E-state index is 0.166. The Morgan fingerprint density at radius 3 is 2.50 bits per heavy atom. The number of rotatable bonds is 5. The van der Waals surface area contributed by atoms with E-state index in [1.165, 1.54) is 5.56 Å². The highest BCUT2D eigenvalue weighted by molar-refractivity contribution is 14.1. The van der Waals surface area contributed by atoms with Gasteiger partial charge in [0.1, 0.15) is 5.75 Å². The Balaban J connectivity index is 1.97. The lowest BCUT2D eigenvalue weighted by molar-refractivity contribution is -0.0611. The minimum Gasteiger partial charge on any atom is -0.497 e. The first-order chi connectivity index (χ1) is 8.83. The lowest BCUT2D eigenvalue weighted by Gasteiger charge is -2.27. The Bertz CT molecular complexity index is 347. The lowest BCUT2D eigenvalue weighted by Crippen LogP contribution is -2.25. The van der Waals surface area contributed by atoms with Crippen LogP contribution in [0.4, 0.5) is 0 Å². The van der Waals surface area contributed by atoms with Crippen LogP contribution in [0.3, 0.4) is 0 Å². The smallest absolute Gasteiger partial charge is 0.118 e. The Labute approximate surface area is 122 Å². The molecule has 0 bridgehead atoms. The molecule has 0 radical (unpaired) electrons. The monoisotopic (exact) mass is 362 g/mol. The van der Waals surface area contributed by atoms with Crippen LogP contribution < -0.4 is 4.74 Å². The van der Waals surface area contributed by atoms with Crippen LogP contribution in [0.15, 0.2) is 24.3 Å². The summed E-state index contributed by atoms with van der Waals surface area (Å²) in [5.74, 6) is 0.886. The zero-order valence-electron chi connectivity index (χ0n) is 10.6. The topological polar surface area (TPSA) is 27.7 Å². The largest absolute Gasteiger partial charge is 0.497 e. The molecular formula is C14H19IO3. The highest BCUT2D eigenvalue weighted by Gasteiger charge is 2.20. The fourth-order valence-corrected chi connectivity index (χ4v) is 2.78. The first-order valence-electron chi connectivity index (χ1n) is 6.26. The molecule has 1 atom stereocenters. The van der Waals surface area contributed by atoms with Gasteiger partial charge in [0.05, 0.1) is 19.3 Å². The second-order valence-electron chi connectivity index (χ2n) is 4.36. The van der Waals surface area contributed by atoms with Gasteiger partial charge >= 0.3 is 0 Å². The standard InChI is InChI=1S/C14H19IO3/c1-16-12-4-2-11(3-5-12)14(10-15)18-13-6-8-17-9-7-13/h2-5,13-14H,6-10H2,1H3. The van der Waals surface area contributed by atoms with Gasteiger partial charge in [0.2, 0.25) is 0 Å². The number of hydrogen-bond acceptors (Lipinski definition) is 3. The van der Waals surface area contributed by atoms with E-state index in [1.807, 2.05) is 12.1 Å². The Kier molecular flexibility index (Phi) is 5.72. The maximum absolute atomic E-state index is 6.17. The van der Waals surface area contributed by atoms with Crippen LogP contribution in [0.1, 0.15) is 24.5 Å². The van der Waals surface area contributed by atoms with Gasteiger partial charge in [-0.05, 0) is 30.5 Å². The molecule has 4 heteroatoms. The molecule has 1 aliphatic rings. The molecule has 1 saturated heterocycles. The number of hydrogen-bond donors (Lipinski definition) is 0. The molecule has 0 aliphatic carbocycles. The zero-order chi connectivity index (χ0) is 12.8. The maximum Gasteiger partial charge on any atom is 0.118 e. The summed E-state index contributed by atoms with van der Waals surface area (Å²) in [6, 6.07) is 8.15. The maximum atomic E-state index is 6.17. The minimum absolute atomic E-state index is 0.166. The Morgan fingerprint density at radius 1 is 1.28 bits per heavy atom. The van der Waals surface area contributed by atoms with Gasteiger partial charge in [-0.25, -0.2) is 0 Å². The molecule has 1 aromatic rings. The van der Waals surface area contributed by atoms with Crippen molar-refractivity contribution in [3.63, 3.8) is 0 Å². The van der Waals surface area contributed by atoms with Crippen LogP contribution in [-0.4, -0.2) is 30.9 Å². The second-order valence-corrected chi connectivity index (χ2v) is 5.24. The van der Waals surface area contributed by atoms with Crippen molar-refractivity contribution in [1.29, 1.82) is 0 Å². The second kappa shape index (κ2) is 7.31. The third-order valence-electron chi connectivity index (χ3n) is 3.15. The van der Waals surface area contributed by atoms with Crippen LogP contribution >= 0.6 is 22.6 Å². The average molecular weight is 362 g/mol. The van der Waals surface area contributed by atoms with Crippen molar-refractivity contribution < 1.29 is 14.2 Å². The first-order valence-corrected chi connectivity index (χ1v) is 7.79. The molecular weight excluding hydrogens is 343 g/mol. The SMILES string of the molecule is COc1ccc(C(CI)OC2CCOCC2)cc1. The molecule has 1 unspecified atom stereocenters. The predicted molar refractivity (Wildman–Crippen MR) is 79.5 cm³/mol. The van der Waals surface area contributed by atoms with Crippen molar-refractivity contribution in [1.82, 2.24) is 0 Å². The summed E-state index contributed by atoms with van der Waals surface area (Å²) in [5, 5.41) is 0. The fourth-order valence-electron chi connectivity index (χ4n) is 2.07. The average Bonchev–Trinajstić information content (AvgIpc) is 2.46.